The van der Waals surface area contributed by atoms with Crippen LogP contribution in [0, 0.1) is 11.9 Å². The number of hydrogen-bond donors (Lipinski definition) is 1. The fourth-order valence-corrected chi connectivity index (χ4v) is 1.82. The number of halogens is 2. The predicted molar refractivity (Wildman–Crippen MR) is 63.1 cm³/mol. The first kappa shape index (κ1) is 10.2. The molecule has 0 unspecified atom stereocenters. The van der Waals surface area contributed by atoms with Crippen LogP contribution in [0.25, 0.3) is 22.3 Å². The summed E-state index contributed by atoms with van der Waals surface area (Å²) in [5.74, 6) is -0.273. The molecule has 0 bridgehead atoms. The molecule has 17 heavy (non-hydrogen) atoms. The maximum Gasteiger partial charge on any atom is 0.222 e. The molecule has 0 aliphatic rings. The second-order valence-electron chi connectivity index (χ2n) is 3.52. The van der Waals surface area contributed by atoms with Crippen molar-refractivity contribution in [2.24, 2.45) is 0 Å². The average molecular weight is 247 g/mol. The molecule has 2 heterocycles. The van der Waals surface area contributed by atoms with Crippen molar-refractivity contribution in [1.29, 1.82) is 0 Å². The summed E-state index contributed by atoms with van der Waals surface area (Å²) >= 11 is 5.69. The van der Waals surface area contributed by atoms with Crippen molar-refractivity contribution in [3.05, 3.63) is 47.6 Å². The molecule has 0 saturated carbocycles. The average Bonchev–Trinajstić information content (AvgIpc) is 2.74. The zero-order chi connectivity index (χ0) is 11.8. The van der Waals surface area contributed by atoms with Gasteiger partial charge in [0.05, 0.1) is 11.4 Å². The lowest BCUT2D eigenvalue weighted by Crippen LogP contribution is -1.86. The third kappa shape index (κ3) is 1.76. The van der Waals surface area contributed by atoms with Gasteiger partial charge in [-0.05, 0) is 29.8 Å². The van der Waals surface area contributed by atoms with E-state index in [0.29, 0.717) is 22.3 Å². The number of rotatable bonds is 1. The zero-order valence-corrected chi connectivity index (χ0v) is 9.29. The molecule has 2 aromatic heterocycles. The normalized spacial score (nSPS) is 10.9. The first-order valence-corrected chi connectivity index (χ1v) is 5.29. The summed E-state index contributed by atoms with van der Waals surface area (Å²) < 4.78 is 13.5. The van der Waals surface area contributed by atoms with Crippen LogP contribution >= 0.6 is 11.6 Å². The van der Waals surface area contributed by atoms with E-state index in [-0.39, 0.29) is 11.1 Å². The van der Waals surface area contributed by atoms with Crippen LogP contribution in [0.3, 0.4) is 0 Å². The molecule has 3 rings (SSSR count). The number of nitrogens with one attached hydrogen (secondary N) is 1. The third-order valence-corrected chi connectivity index (χ3v) is 2.62. The van der Waals surface area contributed by atoms with Gasteiger partial charge in [-0.2, -0.15) is 0 Å². The molecule has 5 heteroatoms. The van der Waals surface area contributed by atoms with Crippen molar-refractivity contribution in [1.82, 2.24) is 15.0 Å². The molecule has 0 fully saturated rings. The summed E-state index contributed by atoms with van der Waals surface area (Å²) in [7, 11) is 0. The first-order chi connectivity index (χ1) is 8.24. The predicted octanol–water partition coefficient (Wildman–Crippen LogP) is 3.22. The van der Waals surface area contributed by atoms with Crippen LogP contribution in [0.15, 0.2) is 30.5 Å². The Morgan fingerprint density at radius 2 is 2.24 bits per heavy atom. The number of aromatic nitrogens is 3. The summed E-state index contributed by atoms with van der Waals surface area (Å²) in [5, 5.41) is 0.656. The number of nitrogens with zero attached hydrogens (tertiary/aromatic N) is 2. The Bertz CT molecular complexity index is 693. The van der Waals surface area contributed by atoms with Gasteiger partial charge >= 0.3 is 0 Å². The molecule has 1 N–H and O–H groups in total. The lowest BCUT2D eigenvalue weighted by Gasteiger charge is -1.95. The minimum Gasteiger partial charge on any atom is -0.353 e. The van der Waals surface area contributed by atoms with Crippen LogP contribution in [-0.2, 0) is 0 Å². The number of hydrogen-bond acceptors (Lipinski definition) is 2. The van der Waals surface area contributed by atoms with E-state index in [1.165, 1.54) is 12.3 Å². The van der Waals surface area contributed by atoms with Crippen LogP contribution < -0.4 is 0 Å². The highest BCUT2D eigenvalue weighted by molar-refractivity contribution is 6.28. The Labute approximate surface area is 101 Å². The number of H-pyrrole nitrogens is 1. The second kappa shape index (κ2) is 3.82. The van der Waals surface area contributed by atoms with Crippen LogP contribution in [0.5, 0.6) is 0 Å². The Morgan fingerprint density at radius 1 is 1.35 bits per heavy atom. The van der Waals surface area contributed by atoms with E-state index in [0.717, 1.165) is 0 Å². The van der Waals surface area contributed by atoms with E-state index < -0.39 is 0 Å². The highest BCUT2D eigenvalue weighted by atomic mass is 35.5. The van der Waals surface area contributed by atoms with Gasteiger partial charge < -0.3 is 4.98 Å². The standard InChI is InChI=1S/C12H6ClFN3/c13-12-15-5-4-10(17-12)11-6-7-8(14)2-1-3-9(7)16-11/h1-3,5-6,16H. The van der Waals surface area contributed by atoms with Crippen molar-refractivity contribution in [2.75, 3.05) is 0 Å². The van der Waals surface area contributed by atoms with Gasteiger partial charge in [-0.25, -0.2) is 14.4 Å². The summed E-state index contributed by atoms with van der Waals surface area (Å²) in [5.41, 5.74) is 1.89. The molecule has 0 atom stereocenters. The van der Waals surface area contributed by atoms with Gasteiger partial charge in [-0.1, -0.05) is 6.07 Å². The summed E-state index contributed by atoms with van der Waals surface area (Å²) in [4.78, 5) is 10.8. The van der Waals surface area contributed by atoms with Gasteiger partial charge in [0.2, 0.25) is 5.28 Å². The number of fused-ring (bicyclic) bond motifs is 1. The van der Waals surface area contributed by atoms with E-state index in [1.807, 2.05) is 0 Å². The van der Waals surface area contributed by atoms with Crippen LogP contribution in [0.2, 0.25) is 5.28 Å². The first-order valence-electron chi connectivity index (χ1n) is 4.92. The Kier molecular flexibility index (Phi) is 2.30. The van der Waals surface area contributed by atoms with E-state index in [4.69, 9.17) is 11.6 Å². The monoisotopic (exact) mass is 246 g/mol. The van der Waals surface area contributed by atoms with Gasteiger partial charge in [0.15, 0.2) is 0 Å². The van der Waals surface area contributed by atoms with Crippen molar-refractivity contribution in [3.63, 3.8) is 0 Å². The maximum atomic E-state index is 13.5. The molecule has 0 saturated heterocycles. The van der Waals surface area contributed by atoms with Crippen molar-refractivity contribution < 1.29 is 4.39 Å². The van der Waals surface area contributed by atoms with Crippen LogP contribution in [0.1, 0.15) is 0 Å². The zero-order valence-electron chi connectivity index (χ0n) is 8.54. The smallest absolute Gasteiger partial charge is 0.222 e. The molecule has 83 valence electrons. The van der Waals surface area contributed by atoms with Gasteiger partial charge in [0.1, 0.15) is 5.82 Å². The Hall–Kier alpha value is -1.94. The summed E-state index contributed by atoms with van der Waals surface area (Å²) in [6.07, 6.45) is 1.44. The Morgan fingerprint density at radius 3 is 3.00 bits per heavy atom. The minimum absolute atomic E-state index is 0.137. The quantitative estimate of drug-likeness (QED) is 0.670. The van der Waals surface area contributed by atoms with E-state index in [9.17, 15) is 4.39 Å². The molecule has 1 radical (unpaired) electrons. The molecular formula is C12H6ClFN3. The third-order valence-electron chi connectivity index (χ3n) is 2.44. The SMILES string of the molecule is Fc1cccc2[nH]c(-c3[c]cnc(Cl)n3)cc12. The second-order valence-corrected chi connectivity index (χ2v) is 3.85. The molecule has 3 aromatic rings. The number of aromatic amines is 1. The van der Waals surface area contributed by atoms with Gasteiger partial charge in [0, 0.05) is 23.2 Å². The van der Waals surface area contributed by atoms with Crippen LogP contribution in [-0.4, -0.2) is 15.0 Å². The van der Waals surface area contributed by atoms with Crippen molar-refractivity contribution >= 4 is 22.5 Å². The topological polar surface area (TPSA) is 41.6 Å². The molecular weight excluding hydrogens is 241 g/mol. The summed E-state index contributed by atoms with van der Waals surface area (Å²) in [6, 6.07) is 9.38. The fraction of sp³-hybridized carbons (Fsp3) is 0. The molecule has 0 aliphatic heterocycles. The lowest BCUT2D eigenvalue weighted by molar-refractivity contribution is 0.640. The van der Waals surface area contributed by atoms with Crippen molar-refractivity contribution in [3.8, 4) is 11.4 Å². The molecule has 0 aliphatic carbocycles. The molecule has 0 amide bonds. The fourth-order valence-electron chi connectivity index (χ4n) is 1.68. The highest BCUT2D eigenvalue weighted by Crippen LogP contribution is 2.24. The Balaban J connectivity index is 2.22. The minimum atomic E-state index is -0.273. The summed E-state index contributed by atoms with van der Waals surface area (Å²) in [6.45, 7) is 0. The van der Waals surface area contributed by atoms with E-state index in [1.54, 1.807) is 18.2 Å². The van der Waals surface area contributed by atoms with E-state index in [2.05, 4.69) is 21.0 Å². The van der Waals surface area contributed by atoms with Crippen LogP contribution in [0.4, 0.5) is 4.39 Å². The van der Waals surface area contributed by atoms with Gasteiger partial charge in [0.25, 0.3) is 0 Å². The largest absolute Gasteiger partial charge is 0.353 e. The lowest BCUT2D eigenvalue weighted by atomic mass is 10.2. The van der Waals surface area contributed by atoms with E-state index >= 15 is 0 Å². The molecule has 3 nitrogen and oxygen atoms in total. The molecule has 0 spiro atoms. The number of benzene rings is 1. The van der Waals surface area contributed by atoms with Gasteiger partial charge in [-0.3, -0.25) is 0 Å². The maximum absolute atomic E-state index is 13.5. The molecule has 1 aromatic carbocycles. The highest BCUT2D eigenvalue weighted by Gasteiger charge is 2.08. The van der Waals surface area contributed by atoms with Crippen molar-refractivity contribution in [2.45, 2.75) is 0 Å². The van der Waals surface area contributed by atoms with Gasteiger partial charge in [-0.15, -0.1) is 0 Å².